The molecule has 0 aromatic heterocycles. The molecule has 17 heavy (non-hydrogen) atoms. The van der Waals surface area contributed by atoms with E-state index in [4.69, 9.17) is 19.7 Å². The van der Waals surface area contributed by atoms with Crippen LogP contribution in [0.1, 0.15) is 25.7 Å². The topological polar surface area (TPSA) is 79.2 Å². The molecule has 1 unspecified atom stereocenters. The zero-order valence-electron chi connectivity index (χ0n) is 10.0. The largest absolute Gasteiger partial charge is 0.465 e. The molecule has 1 aliphatic heterocycles. The van der Waals surface area contributed by atoms with Gasteiger partial charge in [-0.25, -0.2) is 4.79 Å². The first-order valence-electron chi connectivity index (χ1n) is 6.06. The molecule has 0 radical (unpaired) electrons. The van der Waals surface area contributed by atoms with Gasteiger partial charge in [0.15, 0.2) is 6.29 Å². The van der Waals surface area contributed by atoms with E-state index in [2.05, 4.69) is 0 Å². The Balaban J connectivity index is 2.14. The van der Waals surface area contributed by atoms with Gasteiger partial charge in [0.1, 0.15) is 0 Å². The molecule has 100 valence electrons. The highest BCUT2D eigenvalue weighted by Gasteiger charge is 2.16. The van der Waals surface area contributed by atoms with Crippen molar-refractivity contribution in [1.82, 2.24) is 4.90 Å². The fourth-order valence-electron chi connectivity index (χ4n) is 1.70. The highest BCUT2D eigenvalue weighted by molar-refractivity contribution is 5.64. The summed E-state index contributed by atoms with van der Waals surface area (Å²) in [5, 5.41) is 17.5. The molecular weight excluding hydrogens is 226 g/mol. The van der Waals surface area contributed by atoms with Crippen LogP contribution in [0.5, 0.6) is 0 Å². The maximum atomic E-state index is 10.8. The third-order valence-corrected chi connectivity index (χ3v) is 2.66. The third kappa shape index (κ3) is 5.86. The van der Waals surface area contributed by atoms with Crippen molar-refractivity contribution in [3.8, 4) is 0 Å². The normalized spacial score (nSPS) is 20.2. The predicted molar refractivity (Wildman–Crippen MR) is 60.8 cm³/mol. The Hall–Kier alpha value is -0.850. The van der Waals surface area contributed by atoms with Gasteiger partial charge in [-0.3, -0.25) is 0 Å². The Kier molecular flexibility index (Phi) is 6.91. The number of hydrogen-bond acceptors (Lipinski definition) is 4. The molecule has 1 rings (SSSR count). The van der Waals surface area contributed by atoms with Gasteiger partial charge in [0.05, 0.1) is 6.61 Å². The van der Waals surface area contributed by atoms with Crippen molar-refractivity contribution in [2.45, 2.75) is 32.0 Å². The molecule has 0 aliphatic carbocycles. The summed E-state index contributed by atoms with van der Waals surface area (Å²) in [4.78, 5) is 12.1. The number of aliphatic hydroxyl groups excluding tert-OH is 1. The third-order valence-electron chi connectivity index (χ3n) is 2.66. The summed E-state index contributed by atoms with van der Waals surface area (Å²) < 4.78 is 10.8. The number of aliphatic hydroxyl groups is 1. The summed E-state index contributed by atoms with van der Waals surface area (Å²) in [6, 6.07) is 0. The van der Waals surface area contributed by atoms with Crippen molar-refractivity contribution in [3.63, 3.8) is 0 Å². The van der Waals surface area contributed by atoms with Crippen LogP contribution in [0.2, 0.25) is 0 Å². The second-order valence-corrected chi connectivity index (χ2v) is 4.01. The van der Waals surface area contributed by atoms with Crippen molar-refractivity contribution in [2.24, 2.45) is 0 Å². The molecule has 0 spiro atoms. The predicted octanol–water partition coefficient (Wildman–Crippen LogP) is 0.892. The van der Waals surface area contributed by atoms with Crippen molar-refractivity contribution in [1.29, 1.82) is 0 Å². The van der Waals surface area contributed by atoms with Crippen LogP contribution in [0.25, 0.3) is 0 Å². The smallest absolute Gasteiger partial charge is 0.407 e. The van der Waals surface area contributed by atoms with Crippen molar-refractivity contribution < 1.29 is 24.5 Å². The zero-order valence-corrected chi connectivity index (χ0v) is 10.0. The molecule has 1 amide bonds. The van der Waals surface area contributed by atoms with Crippen LogP contribution in [0.15, 0.2) is 0 Å². The Morgan fingerprint density at radius 1 is 1.41 bits per heavy atom. The van der Waals surface area contributed by atoms with Gasteiger partial charge < -0.3 is 24.6 Å². The monoisotopic (exact) mass is 247 g/mol. The zero-order chi connectivity index (χ0) is 12.5. The Morgan fingerprint density at radius 3 is 2.82 bits per heavy atom. The first kappa shape index (κ1) is 14.2. The van der Waals surface area contributed by atoms with Gasteiger partial charge in [-0.1, -0.05) is 0 Å². The van der Waals surface area contributed by atoms with E-state index < -0.39 is 6.09 Å². The number of nitrogens with zero attached hydrogens (tertiary/aromatic N) is 1. The maximum Gasteiger partial charge on any atom is 0.407 e. The quantitative estimate of drug-likeness (QED) is 0.698. The first-order valence-corrected chi connectivity index (χ1v) is 6.06. The minimum atomic E-state index is -0.980. The van der Waals surface area contributed by atoms with E-state index in [-0.39, 0.29) is 12.9 Å². The molecule has 0 aromatic carbocycles. The number of hydrogen-bond donors (Lipinski definition) is 2. The molecule has 1 saturated heterocycles. The average Bonchev–Trinajstić information content (AvgIpc) is 2.34. The molecular formula is C11H21NO5. The Morgan fingerprint density at radius 2 is 2.24 bits per heavy atom. The number of ether oxygens (including phenoxy) is 2. The summed E-state index contributed by atoms with van der Waals surface area (Å²) in [5.74, 6) is 0. The summed E-state index contributed by atoms with van der Waals surface area (Å²) in [5.41, 5.74) is 0. The van der Waals surface area contributed by atoms with Crippen LogP contribution in [0.3, 0.4) is 0 Å². The standard InChI is InChI=1S/C11H21NO5/c13-7-3-5-12(11(14)15)6-9-17-10-4-1-2-8-16-10/h10,13H,1-9H2,(H,14,15). The number of amides is 1. The second-order valence-electron chi connectivity index (χ2n) is 4.01. The lowest BCUT2D eigenvalue weighted by molar-refractivity contribution is -0.163. The Bertz CT molecular complexity index is 218. The van der Waals surface area contributed by atoms with Gasteiger partial charge in [0.25, 0.3) is 0 Å². The molecule has 0 saturated carbocycles. The molecule has 6 heteroatoms. The van der Waals surface area contributed by atoms with Gasteiger partial charge in [-0.05, 0) is 25.7 Å². The highest BCUT2D eigenvalue weighted by Crippen LogP contribution is 2.13. The molecule has 1 heterocycles. The van der Waals surface area contributed by atoms with Crippen LogP contribution in [0.4, 0.5) is 4.79 Å². The van der Waals surface area contributed by atoms with E-state index in [1.807, 2.05) is 0 Å². The maximum absolute atomic E-state index is 10.8. The van der Waals surface area contributed by atoms with Gasteiger partial charge >= 0.3 is 6.09 Å². The average molecular weight is 247 g/mol. The lowest BCUT2D eigenvalue weighted by Crippen LogP contribution is -2.35. The number of carboxylic acid groups (broad SMARTS) is 1. The van der Waals surface area contributed by atoms with E-state index >= 15 is 0 Å². The summed E-state index contributed by atoms with van der Waals surface area (Å²) in [7, 11) is 0. The highest BCUT2D eigenvalue weighted by atomic mass is 16.7. The molecule has 1 atom stereocenters. The minimum Gasteiger partial charge on any atom is -0.465 e. The van der Waals surface area contributed by atoms with Crippen molar-refractivity contribution >= 4 is 6.09 Å². The summed E-state index contributed by atoms with van der Waals surface area (Å²) in [6.07, 6.45) is 2.33. The van der Waals surface area contributed by atoms with Crippen LogP contribution in [0, 0.1) is 0 Å². The van der Waals surface area contributed by atoms with E-state index in [0.717, 1.165) is 25.9 Å². The van der Waals surface area contributed by atoms with Crippen LogP contribution < -0.4 is 0 Å². The molecule has 6 nitrogen and oxygen atoms in total. The number of rotatable bonds is 7. The number of carbonyl (C=O) groups is 1. The fourth-order valence-corrected chi connectivity index (χ4v) is 1.70. The minimum absolute atomic E-state index is 0.00360. The van der Waals surface area contributed by atoms with E-state index in [1.165, 1.54) is 4.90 Å². The van der Waals surface area contributed by atoms with Gasteiger partial charge in [0.2, 0.25) is 0 Å². The van der Waals surface area contributed by atoms with Crippen molar-refractivity contribution in [2.75, 3.05) is 32.9 Å². The lowest BCUT2D eigenvalue weighted by Gasteiger charge is -2.24. The van der Waals surface area contributed by atoms with Crippen LogP contribution in [-0.4, -0.2) is 60.4 Å². The summed E-state index contributed by atoms with van der Waals surface area (Å²) in [6.45, 7) is 1.70. The van der Waals surface area contributed by atoms with Crippen molar-refractivity contribution in [3.05, 3.63) is 0 Å². The summed E-state index contributed by atoms with van der Waals surface area (Å²) >= 11 is 0. The molecule has 0 bridgehead atoms. The van der Waals surface area contributed by atoms with Gasteiger partial charge in [0, 0.05) is 26.3 Å². The van der Waals surface area contributed by atoms with Gasteiger partial charge in [-0.15, -0.1) is 0 Å². The van der Waals surface area contributed by atoms with E-state index in [1.54, 1.807) is 0 Å². The molecule has 1 aliphatic rings. The van der Waals surface area contributed by atoms with E-state index in [9.17, 15) is 4.79 Å². The fraction of sp³-hybridized carbons (Fsp3) is 0.909. The van der Waals surface area contributed by atoms with E-state index in [0.29, 0.717) is 26.1 Å². The molecule has 1 fully saturated rings. The van der Waals surface area contributed by atoms with Gasteiger partial charge in [-0.2, -0.15) is 0 Å². The molecule has 2 N–H and O–H groups in total. The first-order chi connectivity index (χ1) is 8.24. The van der Waals surface area contributed by atoms with Crippen LogP contribution in [-0.2, 0) is 9.47 Å². The SMILES string of the molecule is O=C(O)N(CCCO)CCOC1CCCCO1. The van der Waals surface area contributed by atoms with Crippen LogP contribution >= 0.6 is 0 Å². The second kappa shape index (κ2) is 8.27. The Labute approximate surface area is 101 Å². The lowest BCUT2D eigenvalue weighted by atomic mass is 10.2. The molecule has 0 aromatic rings.